The third kappa shape index (κ3) is 6.17. The number of pyridine rings is 1. The smallest absolute Gasteiger partial charge is 0.208 e. The number of nitrogens with one attached hydrogen (secondary N) is 1. The lowest BCUT2D eigenvalue weighted by atomic mass is 10.1. The Hall–Kier alpha value is -3.82. The van der Waals surface area contributed by atoms with E-state index in [0.717, 1.165) is 51.1 Å². The lowest BCUT2D eigenvalue weighted by Gasteiger charge is -2.32. The molecule has 0 bridgehead atoms. The molecule has 2 aromatic carbocycles. The molecular weight excluding hydrogens is 483 g/mol. The van der Waals surface area contributed by atoms with Gasteiger partial charge in [0, 0.05) is 58.0 Å². The first-order valence-corrected chi connectivity index (χ1v) is 13.0. The Labute approximate surface area is 222 Å². The number of anilines is 2. The van der Waals surface area contributed by atoms with Crippen molar-refractivity contribution in [2.24, 2.45) is 7.05 Å². The number of rotatable bonds is 10. The number of piperazine rings is 1. The van der Waals surface area contributed by atoms with Crippen molar-refractivity contribution in [1.29, 1.82) is 0 Å². The Morgan fingerprint density at radius 2 is 1.79 bits per heavy atom. The van der Waals surface area contributed by atoms with Crippen LogP contribution in [-0.4, -0.2) is 69.9 Å². The number of aryl methyl sites for hydroxylation is 1. The van der Waals surface area contributed by atoms with Crippen molar-refractivity contribution >= 4 is 28.5 Å². The molecule has 0 saturated carbocycles. The number of carbonyl (C=O) groups excluding carboxylic acids is 1. The Morgan fingerprint density at radius 3 is 2.61 bits per heavy atom. The van der Waals surface area contributed by atoms with Crippen LogP contribution in [0.25, 0.3) is 11.0 Å². The van der Waals surface area contributed by atoms with Gasteiger partial charge in [-0.25, -0.2) is 9.37 Å². The van der Waals surface area contributed by atoms with Gasteiger partial charge in [0.05, 0.1) is 16.7 Å². The number of hydrogen-bond donors (Lipinski definition) is 1. The van der Waals surface area contributed by atoms with E-state index in [2.05, 4.69) is 32.1 Å². The van der Waals surface area contributed by atoms with Gasteiger partial charge in [0.2, 0.25) is 5.95 Å². The van der Waals surface area contributed by atoms with Crippen LogP contribution in [0.15, 0.2) is 60.8 Å². The van der Waals surface area contributed by atoms with Crippen LogP contribution in [0.4, 0.5) is 16.0 Å². The van der Waals surface area contributed by atoms with Crippen molar-refractivity contribution in [3.63, 3.8) is 0 Å². The van der Waals surface area contributed by atoms with E-state index in [1.165, 1.54) is 6.07 Å². The van der Waals surface area contributed by atoms with Crippen LogP contribution in [-0.2, 0) is 7.05 Å². The van der Waals surface area contributed by atoms with Crippen LogP contribution in [0, 0.1) is 5.82 Å². The predicted molar refractivity (Wildman–Crippen MR) is 147 cm³/mol. The number of para-hydroxylation sites is 1. The van der Waals surface area contributed by atoms with Crippen LogP contribution in [0.2, 0.25) is 0 Å². The molecule has 1 aliphatic heterocycles. The van der Waals surface area contributed by atoms with E-state index in [1.807, 2.05) is 29.8 Å². The highest BCUT2D eigenvalue weighted by molar-refractivity contribution is 5.94. The Bertz CT molecular complexity index is 1410. The first-order chi connectivity index (χ1) is 18.5. The maximum absolute atomic E-state index is 14.1. The minimum atomic E-state index is -0.346. The number of aromatic nitrogens is 3. The van der Waals surface area contributed by atoms with Gasteiger partial charge < -0.3 is 24.4 Å². The summed E-state index contributed by atoms with van der Waals surface area (Å²) in [6.07, 6.45) is 3.92. The van der Waals surface area contributed by atoms with Crippen LogP contribution in [0.5, 0.6) is 11.5 Å². The van der Waals surface area contributed by atoms with E-state index in [-0.39, 0.29) is 11.6 Å². The van der Waals surface area contributed by atoms with Crippen molar-refractivity contribution in [3.8, 4) is 11.5 Å². The number of imidazole rings is 1. The highest BCUT2D eigenvalue weighted by atomic mass is 19.1. The second-order valence-corrected chi connectivity index (χ2v) is 9.75. The molecule has 1 fully saturated rings. The van der Waals surface area contributed by atoms with Crippen molar-refractivity contribution < 1.29 is 13.9 Å². The van der Waals surface area contributed by atoms with Crippen LogP contribution in [0.3, 0.4) is 0 Å². The average Bonchev–Trinajstić information content (AvgIpc) is 3.23. The topological polar surface area (TPSA) is 75.5 Å². The second-order valence-electron chi connectivity index (χ2n) is 9.75. The monoisotopic (exact) mass is 516 g/mol. The van der Waals surface area contributed by atoms with Crippen molar-refractivity contribution in [3.05, 3.63) is 72.3 Å². The standard InChI is InChI=1S/C29H33FN6O2/c1-34-15-17-36(18-16-34)14-6-5-9-28(37)26-20-22(12-13-31-26)38-21-10-11-27-25(19-21)33-29(35(27)2)32-24-8-4-3-7-23(24)30/h3-4,7-8,10-13,19-20H,5-6,9,14-18H2,1-2H3,(H,32,33). The Morgan fingerprint density at radius 1 is 1.00 bits per heavy atom. The molecule has 1 aliphatic rings. The van der Waals surface area contributed by atoms with Gasteiger partial charge in [0.1, 0.15) is 23.0 Å². The molecule has 0 spiro atoms. The molecule has 1 saturated heterocycles. The number of ether oxygens (including phenoxy) is 1. The third-order valence-electron chi connectivity index (χ3n) is 6.95. The quantitative estimate of drug-likeness (QED) is 0.228. The minimum absolute atomic E-state index is 0.0258. The summed E-state index contributed by atoms with van der Waals surface area (Å²) in [4.78, 5) is 26.4. The second kappa shape index (κ2) is 11.7. The molecule has 0 atom stereocenters. The molecule has 1 N–H and O–H groups in total. The first kappa shape index (κ1) is 25.8. The Balaban J connectivity index is 1.19. The maximum atomic E-state index is 14.1. The number of carbonyl (C=O) groups is 1. The minimum Gasteiger partial charge on any atom is -0.457 e. The molecule has 4 aromatic rings. The van der Waals surface area contributed by atoms with E-state index in [4.69, 9.17) is 4.74 Å². The summed E-state index contributed by atoms with van der Waals surface area (Å²) >= 11 is 0. The molecule has 9 heteroatoms. The fraction of sp³-hybridized carbons (Fsp3) is 0.345. The number of Topliss-reactive ketones (excluding diaryl/α,β-unsaturated/α-hetero) is 1. The number of ketones is 1. The number of hydrogen-bond acceptors (Lipinski definition) is 7. The molecule has 5 rings (SSSR count). The zero-order chi connectivity index (χ0) is 26.5. The highest BCUT2D eigenvalue weighted by Crippen LogP contribution is 2.29. The summed E-state index contributed by atoms with van der Waals surface area (Å²) in [7, 11) is 4.02. The number of likely N-dealkylation sites (N-methyl/N-ethyl adjacent to an activating group) is 1. The van der Waals surface area contributed by atoms with Crippen molar-refractivity contribution in [1.82, 2.24) is 24.3 Å². The summed E-state index contributed by atoms with van der Waals surface area (Å²) in [5.41, 5.74) is 2.35. The molecular formula is C29H33FN6O2. The van der Waals surface area contributed by atoms with Gasteiger partial charge in [-0.1, -0.05) is 12.1 Å². The van der Waals surface area contributed by atoms with Gasteiger partial charge in [-0.15, -0.1) is 0 Å². The lowest BCUT2D eigenvalue weighted by Crippen LogP contribution is -2.44. The average molecular weight is 517 g/mol. The van der Waals surface area contributed by atoms with Crippen LogP contribution < -0.4 is 10.1 Å². The summed E-state index contributed by atoms with van der Waals surface area (Å²) in [5.74, 6) is 1.33. The maximum Gasteiger partial charge on any atom is 0.208 e. The van der Waals surface area contributed by atoms with Crippen molar-refractivity contribution in [2.45, 2.75) is 19.3 Å². The number of fused-ring (bicyclic) bond motifs is 1. The molecule has 0 unspecified atom stereocenters. The van der Waals surface area contributed by atoms with E-state index in [1.54, 1.807) is 36.5 Å². The molecule has 3 heterocycles. The largest absolute Gasteiger partial charge is 0.457 e. The SMILES string of the molecule is CN1CCN(CCCCC(=O)c2cc(Oc3ccc4c(c3)nc(Nc3ccccc3F)n4C)ccn2)CC1. The highest BCUT2D eigenvalue weighted by Gasteiger charge is 2.15. The number of nitrogens with zero attached hydrogens (tertiary/aromatic N) is 5. The fourth-order valence-electron chi connectivity index (χ4n) is 4.62. The molecule has 38 heavy (non-hydrogen) atoms. The van der Waals surface area contributed by atoms with Gasteiger partial charge in [-0.3, -0.25) is 9.78 Å². The molecule has 198 valence electrons. The van der Waals surface area contributed by atoms with Crippen LogP contribution >= 0.6 is 0 Å². The van der Waals surface area contributed by atoms with E-state index in [0.29, 0.717) is 40.8 Å². The lowest BCUT2D eigenvalue weighted by molar-refractivity contribution is 0.0970. The van der Waals surface area contributed by atoms with Gasteiger partial charge >= 0.3 is 0 Å². The first-order valence-electron chi connectivity index (χ1n) is 13.0. The van der Waals surface area contributed by atoms with Crippen molar-refractivity contribution in [2.75, 3.05) is 45.1 Å². The third-order valence-corrected chi connectivity index (χ3v) is 6.95. The number of halogens is 1. The van der Waals surface area contributed by atoms with E-state index >= 15 is 0 Å². The van der Waals surface area contributed by atoms with Gasteiger partial charge in [0.25, 0.3) is 0 Å². The summed E-state index contributed by atoms with van der Waals surface area (Å²) in [5, 5.41) is 3.05. The summed E-state index contributed by atoms with van der Waals surface area (Å²) in [6.45, 7) is 5.44. The summed E-state index contributed by atoms with van der Waals surface area (Å²) in [6, 6.07) is 15.5. The van der Waals surface area contributed by atoms with Gasteiger partial charge in [0.15, 0.2) is 5.78 Å². The molecule has 0 amide bonds. The predicted octanol–water partition coefficient (Wildman–Crippen LogP) is 5.24. The molecule has 0 aliphatic carbocycles. The fourth-order valence-corrected chi connectivity index (χ4v) is 4.62. The zero-order valence-corrected chi connectivity index (χ0v) is 21.9. The van der Waals surface area contributed by atoms with Crippen LogP contribution in [0.1, 0.15) is 29.8 Å². The van der Waals surface area contributed by atoms with Gasteiger partial charge in [-0.05, 0) is 56.8 Å². The van der Waals surface area contributed by atoms with E-state index in [9.17, 15) is 9.18 Å². The van der Waals surface area contributed by atoms with E-state index < -0.39 is 0 Å². The van der Waals surface area contributed by atoms with Gasteiger partial charge in [-0.2, -0.15) is 0 Å². The zero-order valence-electron chi connectivity index (χ0n) is 21.9. The Kier molecular flexibility index (Phi) is 7.95. The number of benzene rings is 2. The summed E-state index contributed by atoms with van der Waals surface area (Å²) < 4.78 is 22.0. The molecule has 0 radical (unpaired) electrons. The normalized spacial score (nSPS) is 14.6. The molecule has 8 nitrogen and oxygen atoms in total. The number of unbranched alkanes of at least 4 members (excludes halogenated alkanes) is 1. The molecule has 2 aromatic heterocycles.